The van der Waals surface area contributed by atoms with Crippen molar-refractivity contribution >= 4 is 17.9 Å². The van der Waals surface area contributed by atoms with Crippen LogP contribution < -0.4 is 0 Å². The average Bonchev–Trinajstić information content (AvgIpc) is 2.73. The molecule has 132 valence electrons. The third-order valence-electron chi connectivity index (χ3n) is 6.36. The predicted molar refractivity (Wildman–Crippen MR) is 99.9 cm³/mol. The molecule has 2 atom stereocenters. The van der Waals surface area contributed by atoms with Gasteiger partial charge in [-0.15, -0.1) is 0 Å². The lowest BCUT2D eigenvalue weighted by molar-refractivity contribution is 0.382. The Hall–Kier alpha value is -1.01. The fraction of sp³-hybridized carbons (Fsp3) is 0.667. The molecule has 6 heteroatoms. The van der Waals surface area contributed by atoms with Crippen LogP contribution in [0.2, 0.25) is 19.6 Å². The number of hydrogen-bond donors (Lipinski definition) is 0. The van der Waals surface area contributed by atoms with E-state index in [2.05, 4.69) is 38.6 Å². The molecule has 0 radical (unpaired) electrons. The van der Waals surface area contributed by atoms with Gasteiger partial charge in [0.1, 0.15) is 9.91 Å². The molecule has 1 aliphatic heterocycles. The van der Waals surface area contributed by atoms with Gasteiger partial charge in [-0.2, -0.15) is 10.2 Å². The lowest BCUT2D eigenvalue weighted by Gasteiger charge is -2.32. The van der Waals surface area contributed by atoms with Crippen LogP contribution in [0.5, 0.6) is 0 Å². The second-order valence-electron chi connectivity index (χ2n) is 9.34. The summed E-state index contributed by atoms with van der Waals surface area (Å²) in [5, 5.41) is 8.62. The molecule has 1 saturated carbocycles. The van der Waals surface area contributed by atoms with Crippen LogP contribution in [-0.2, 0) is 9.84 Å². The molecule has 24 heavy (non-hydrogen) atoms. The first-order valence-electron chi connectivity index (χ1n) is 8.46. The van der Waals surface area contributed by atoms with Crippen LogP contribution in [0.1, 0.15) is 33.3 Å². The predicted octanol–water partition coefficient (Wildman–Crippen LogP) is 4.41. The Labute approximate surface area is 146 Å². The Morgan fingerprint density at radius 2 is 1.42 bits per heavy atom. The van der Waals surface area contributed by atoms with Crippen molar-refractivity contribution < 1.29 is 8.42 Å². The molecule has 0 bridgehead atoms. The first kappa shape index (κ1) is 17.8. The van der Waals surface area contributed by atoms with Gasteiger partial charge >= 0.3 is 0 Å². The zero-order valence-electron chi connectivity index (χ0n) is 15.9. The monoisotopic (exact) mass is 364 g/mol. The normalized spacial score (nSPS) is 33.3. The van der Waals surface area contributed by atoms with Crippen LogP contribution in [0, 0.1) is 12.3 Å². The van der Waals surface area contributed by atoms with Crippen LogP contribution >= 0.6 is 0 Å². The molecule has 1 aromatic carbocycles. The maximum absolute atomic E-state index is 13.9. The van der Waals surface area contributed by atoms with Gasteiger partial charge in [0.05, 0.1) is 18.5 Å². The fourth-order valence-electron chi connectivity index (χ4n) is 5.85. The maximum atomic E-state index is 13.9. The average molecular weight is 365 g/mol. The molecule has 2 aliphatic rings. The number of benzene rings is 1. The van der Waals surface area contributed by atoms with Crippen LogP contribution in [0.15, 0.2) is 39.4 Å². The van der Waals surface area contributed by atoms with Crippen LogP contribution in [0.3, 0.4) is 0 Å². The van der Waals surface area contributed by atoms with E-state index < -0.39 is 38.8 Å². The summed E-state index contributed by atoms with van der Waals surface area (Å²) >= 11 is 0. The highest BCUT2D eigenvalue weighted by molar-refractivity contribution is 7.93. The zero-order chi connectivity index (χ0) is 18.4. The van der Waals surface area contributed by atoms with E-state index in [1.165, 1.54) is 0 Å². The number of nitrogens with zero attached hydrogens (tertiary/aromatic N) is 2. The van der Waals surface area contributed by atoms with E-state index in [-0.39, 0.29) is 0 Å². The molecule has 0 amide bonds. The molecular weight excluding hydrogens is 336 g/mol. The number of sulfone groups is 1. The summed E-state index contributed by atoms with van der Waals surface area (Å²) in [5.74, 6) is 0. The minimum atomic E-state index is -3.59. The first-order chi connectivity index (χ1) is 10.7. The van der Waals surface area contributed by atoms with Crippen LogP contribution in [-0.4, -0.2) is 31.9 Å². The van der Waals surface area contributed by atoms with Crippen molar-refractivity contribution in [3.8, 4) is 0 Å². The summed E-state index contributed by atoms with van der Waals surface area (Å²) in [6.45, 7) is 16.6. The summed E-state index contributed by atoms with van der Waals surface area (Å²) in [6, 6.07) is 7.20. The van der Waals surface area contributed by atoms with E-state index in [4.69, 9.17) is 5.11 Å². The SMILES string of the molecule is Cc1ccc(S(=O)(=O)[C@@]23C(C)(C)N=N[C@]2([Si](C)(C)C)C3(C)C)cc1. The van der Waals surface area contributed by atoms with E-state index in [0.717, 1.165) is 5.56 Å². The Morgan fingerprint density at radius 3 is 1.83 bits per heavy atom. The van der Waals surface area contributed by atoms with Crippen molar-refractivity contribution in [1.29, 1.82) is 0 Å². The summed E-state index contributed by atoms with van der Waals surface area (Å²) in [7, 11) is -5.55. The van der Waals surface area contributed by atoms with Gasteiger partial charge < -0.3 is 0 Å². The second-order valence-corrected chi connectivity index (χ2v) is 16.7. The number of azo groups is 1. The Bertz CT molecular complexity index is 835. The molecule has 1 fully saturated rings. The number of hydrogen-bond acceptors (Lipinski definition) is 4. The number of rotatable bonds is 3. The zero-order valence-corrected chi connectivity index (χ0v) is 17.7. The molecule has 0 aromatic heterocycles. The third-order valence-corrected chi connectivity index (χ3v) is 12.8. The van der Waals surface area contributed by atoms with E-state index in [0.29, 0.717) is 4.90 Å². The molecule has 1 heterocycles. The van der Waals surface area contributed by atoms with Gasteiger partial charge in [0.2, 0.25) is 0 Å². The molecule has 1 aromatic rings. The Morgan fingerprint density at radius 1 is 0.917 bits per heavy atom. The standard InChI is InChI=1S/C18H28N2O2SSi/c1-13-9-11-14(12-10-13)23(21,22)17-15(2,3)18(17,24(6,7)8)20-19-16(17,4)5/h9-12H,1-8H3/t17-,18-/m0/s1. The number of aryl methyl sites for hydroxylation is 1. The Balaban J connectivity index is 2.34. The van der Waals surface area contributed by atoms with Gasteiger partial charge in [0.25, 0.3) is 0 Å². The van der Waals surface area contributed by atoms with Gasteiger partial charge in [-0.25, -0.2) is 8.42 Å². The summed E-state index contributed by atoms with van der Waals surface area (Å²) in [5.41, 5.74) is -0.113. The lowest BCUT2D eigenvalue weighted by atomic mass is 9.93. The van der Waals surface area contributed by atoms with Crippen molar-refractivity contribution in [2.45, 2.75) is 74.6 Å². The molecule has 0 unspecified atom stereocenters. The van der Waals surface area contributed by atoms with Gasteiger partial charge in [0.15, 0.2) is 9.84 Å². The van der Waals surface area contributed by atoms with Crippen molar-refractivity contribution in [2.75, 3.05) is 0 Å². The Kier molecular flexibility index (Phi) is 3.25. The topological polar surface area (TPSA) is 58.9 Å². The van der Waals surface area contributed by atoms with E-state index in [9.17, 15) is 8.42 Å². The maximum Gasteiger partial charge on any atom is 0.189 e. The van der Waals surface area contributed by atoms with Crippen molar-refractivity contribution in [2.24, 2.45) is 15.6 Å². The molecule has 4 nitrogen and oxygen atoms in total. The minimum absolute atomic E-state index is 0.390. The van der Waals surface area contributed by atoms with Crippen molar-refractivity contribution in [3.63, 3.8) is 0 Å². The molecule has 0 N–H and O–H groups in total. The molecule has 0 saturated heterocycles. The quantitative estimate of drug-likeness (QED) is 0.746. The van der Waals surface area contributed by atoms with Gasteiger partial charge in [-0.1, -0.05) is 51.2 Å². The lowest BCUT2D eigenvalue weighted by Crippen LogP contribution is -2.53. The molecule has 3 rings (SSSR count). The minimum Gasteiger partial charge on any atom is -0.223 e. The molecular formula is C18H28N2O2SSi. The van der Waals surface area contributed by atoms with Gasteiger partial charge in [-0.05, 0) is 32.9 Å². The van der Waals surface area contributed by atoms with Crippen molar-refractivity contribution in [1.82, 2.24) is 0 Å². The van der Waals surface area contributed by atoms with Crippen LogP contribution in [0.4, 0.5) is 0 Å². The van der Waals surface area contributed by atoms with Gasteiger partial charge in [-0.3, -0.25) is 0 Å². The molecule has 1 aliphatic carbocycles. The second kappa shape index (κ2) is 4.39. The highest BCUT2D eigenvalue weighted by Gasteiger charge is 2.98. The highest BCUT2D eigenvalue weighted by Crippen LogP contribution is 2.82. The van der Waals surface area contributed by atoms with Crippen molar-refractivity contribution in [3.05, 3.63) is 29.8 Å². The summed E-state index contributed by atoms with van der Waals surface area (Å²) in [6.07, 6.45) is 0. The number of fused-ring (bicyclic) bond motifs is 1. The summed E-state index contributed by atoms with van der Waals surface area (Å²) in [4.78, 5) is 0.390. The summed E-state index contributed by atoms with van der Waals surface area (Å²) < 4.78 is 26.8. The smallest absolute Gasteiger partial charge is 0.189 e. The third kappa shape index (κ3) is 1.53. The molecule has 0 spiro atoms. The fourth-order valence-corrected chi connectivity index (χ4v) is 14.3. The first-order valence-corrected chi connectivity index (χ1v) is 13.4. The van der Waals surface area contributed by atoms with Gasteiger partial charge in [0, 0.05) is 5.41 Å². The van der Waals surface area contributed by atoms with Crippen LogP contribution in [0.25, 0.3) is 0 Å². The van der Waals surface area contributed by atoms with E-state index in [1.807, 2.05) is 32.9 Å². The largest absolute Gasteiger partial charge is 0.223 e. The van der Waals surface area contributed by atoms with E-state index in [1.54, 1.807) is 12.1 Å². The van der Waals surface area contributed by atoms with E-state index >= 15 is 0 Å². The highest BCUT2D eigenvalue weighted by atomic mass is 32.2.